The molecule has 0 radical (unpaired) electrons. The summed E-state index contributed by atoms with van der Waals surface area (Å²) in [6, 6.07) is 16.5. The van der Waals surface area contributed by atoms with Crippen LogP contribution in [0, 0.1) is 6.92 Å². The number of halogens is 1. The lowest BCUT2D eigenvalue weighted by Crippen LogP contribution is -2.44. The van der Waals surface area contributed by atoms with Crippen molar-refractivity contribution in [2.45, 2.75) is 11.8 Å². The van der Waals surface area contributed by atoms with Gasteiger partial charge in [0.2, 0.25) is 5.28 Å². The molecule has 2 aromatic heterocycles. The van der Waals surface area contributed by atoms with E-state index in [2.05, 4.69) is 44.3 Å². The largest absolute Gasteiger partial charge is 0.369 e. The summed E-state index contributed by atoms with van der Waals surface area (Å²) in [4.78, 5) is 13.4. The number of nitrogens with one attached hydrogen (secondary N) is 1. The van der Waals surface area contributed by atoms with Gasteiger partial charge in [-0.05, 0) is 68.0 Å². The highest BCUT2D eigenvalue weighted by Crippen LogP contribution is 2.29. The smallest absolute Gasteiger partial charge is 0.269 e. The van der Waals surface area contributed by atoms with Crippen LogP contribution in [0.4, 0.5) is 17.2 Å². The van der Waals surface area contributed by atoms with Crippen LogP contribution in [0.5, 0.6) is 0 Å². The molecular formula is C24H25ClN6O2S. The molecule has 5 rings (SSSR count). The molecule has 0 aliphatic carbocycles. The van der Waals surface area contributed by atoms with Gasteiger partial charge in [0.05, 0.1) is 10.3 Å². The zero-order valence-electron chi connectivity index (χ0n) is 18.9. The molecule has 0 amide bonds. The van der Waals surface area contributed by atoms with Crippen LogP contribution < -0.4 is 10.2 Å². The Bertz CT molecular complexity index is 1430. The van der Waals surface area contributed by atoms with Crippen molar-refractivity contribution in [3.63, 3.8) is 0 Å². The monoisotopic (exact) mass is 496 g/mol. The lowest BCUT2D eigenvalue weighted by molar-refractivity contribution is 0.313. The lowest BCUT2D eigenvalue weighted by atomic mass is 10.2. The second-order valence-electron chi connectivity index (χ2n) is 8.47. The number of hydrogen-bond acceptors (Lipinski definition) is 7. The predicted molar refractivity (Wildman–Crippen MR) is 136 cm³/mol. The SMILES string of the molecule is Cc1ccc(S(=O)(=O)n2ccc3c(Nc4ccc(N5CCN(C)CC5)cc4)nc(Cl)nc32)cc1. The van der Waals surface area contributed by atoms with E-state index in [-0.39, 0.29) is 15.8 Å². The Balaban J connectivity index is 1.45. The average molecular weight is 497 g/mol. The van der Waals surface area contributed by atoms with Gasteiger partial charge in [0.1, 0.15) is 5.82 Å². The molecule has 8 nitrogen and oxygen atoms in total. The Labute approximate surface area is 203 Å². The van der Waals surface area contributed by atoms with Crippen LogP contribution in [-0.4, -0.2) is 60.5 Å². The van der Waals surface area contributed by atoms with Crippen molar-refractivity contribution >= 4 is 49.9 Å². The number of benzene rings is 2. The minimum absolute atomic E-state index is 0.0388. The summed E-state index contributed by atoms with van der Waals surface area (Å²) < 4.78 is 27.6. The van der Waals surface area contributed by atoms with E-state index in [1.807, 2.05) is 19.1 Å². The number of anilines is 3. The normalized spacial score (nSPS) is 15.1. The molecule has 3 heterocycles. The number of aryl methyl sites for hydroxylation is 1. The number of hydrogen-bond donors (Lipinski definition) is 1. The molecule has 0 bridgehead atoms. The molecule has 1 saturated heterocycles. The van der Waals surface area contributed by atoms with E-state index >= 15 is 0 Å². The molecular weight excluding hydrogens is 472 g/mol. The van der Waals surface area contributed by atoms with E-state index < -0.39 is 10.0 Å². The molecule has 4 aromatic rings. The Morgan fingerprint density at radius 3 is 2.26 bits per heavy atom. The Morgan fingerprint density at radius 1 is 0.912 bits per heavy atom. The van der Waals surface area contributed by atoms with E-state index in [0.717, 1.165) is 41.4 Å². The van der Waals surface area contributed by atoms with Crippen LogP contribution in [0.15, 0.2) is 65.7 Å². The first-order valence-corrected chi connectivity index (χ1v) is 12.8. The summed E-state index contributed by atoms with van der Waals surface area (Å²) in [6.07, 6.45) is 1.48. The van der Waals surface area contributed by atoms with Crippen LogP contribution in [0.2, 0.25) is 5.28 Å². The highest BCUT2D eigenvalue weighted by atomic mass is 35.5. The van der Waals surface area contributed by atoms with E-state index in [9.17, 15) is 8.42 Å². The van der Waals surface area contributed by atoms with E-state index in [1.165, 1.54) is 11.9 Å². The summed E-state index contributed by atoms with van der Waals surface area (Å²) >= 11 is 6.19. The topological polar surface area (TPSA) is 83.4 Å². The average Bonchev–Trinajstić information content (AvgIpc) is 3.25. The Hall–Kier alpha value is -3.14. The highest BCUT2D eigenvalue weighted by molar-refractivity contribution is 7.90. The van der Waals surface area contributed by atoms with Crippen LogP contribution in [0.25, 0.3) is 11.0 Å². The Kier molecular flexibility index (Phi) is 5.93. The van der Waals surface area contributed by atoms with Crippen molar-refractivity contribution in [1.29, 1.82) is 0 Å². The second kappa shape index (κ2) is 8.90. The van der Waals surface area contributed by atoms with E-state index in [0.29, 0.717) is 11.2 Å². The third-order valence-corrected chi connectivity index (χ3v) is 7.91. The molecule has 0 spiro atoms. The standard InChI is InChI=1S/C24H25ClN6O2S/c1-17-3-9-20(10-4-17)34(32,33)31-12-11-21-22(27-24(25)28-23(21)31)26-18-5-7-19(8-6-18)30-15-13-29(2)14-16-30/h3-12H,13-16H2,1-2H3,(H,26,27,28). The number of fused-ring (bicyclic) bond motifs is 1. The van der Waals surface area contributed by atoms with Gasteiger partial charge in [-0.2, -0.15) is 9.97 Å². The second-order valence-corrected chi connectivity index (χ2v) is 10.6. The third-order valence-electron chi connectivity index (χ3n) is 6.06. The van der Waals surface area contributed by atoms with Crippen molar-refractivity contribution in [3.8, 4) is 0 Å². The van der Waals surface area contributed by atoms with Crippen molar-refractivity contribution in [1.82, 2.24) is 18.8 Å². The fourth-order valence-corrected chi connectivity index (χ4v) is 5.49. The third kappa shape index (κ3) is 4.34. The fraction of sp³-hybridized carbons (Fsp3) is 0.250. The van der Waals surface area contributed by atoms with Crippen LogP contribution in [0.1, 0.15) is 5.56 Å². The van der Waals surface area contributed by atoms with Gasteiger partial charge in [-0.1, -0.05) is 17.7 Å². The maximum absolute atomic E-state index is 13.2. The van der Waals surface area contributed by atoms with Crippen molar-refractivity contribution in [2.24, 2.45) is 0 Å². The molecule has 1 aliphatic rings. The first kappa shape index (κ1) is 22.6. The van der Waals surface area contributed by atoms with Crippen LogP contribution in [0.3, 0.4) is 0 Å². The molecule has 10 heteroatoms. The maximum Gasteiger partial charge on any atom is 0.269 e. The number of likely N-dealkylation sites (N-methyl/N-ethyl adjacent to an activating group) is 1. The summed E-state index contributed by atoms with van der Waals surface area (Å²) in [5.41, 5.74) is 3.19. The van der Waals surface area contributed by atoms with Gasteiger partial charge in [-0.15, -0.1) is 0 Å². The van der Waals surface area contributed by atoms with Gasteiger partial charge >= 0.3 is 0 Å². The number of rotatable bonds is 5. The van der Waals surface area contributed by atoms with E-state index in [4.69, 9.17) is 11.6 Å². The number of piperazine rings is 1. The first-order chi connectivity index (χ1) is 16.3. The highest BCUT2D eigenvalue weighted by Gasteiger charge is 2.22. The minimum atomic E-state index is -3.84. The van der Waals surface area contributed by atoms with E-state index in [1.54, 1.807) is 30.3 Å². The first-order valence-electron chi connectivity index (χ1n) is 11.0. The molecule has 176 valence electrons. The molecule has 1 fully saturated rings. The molecule has 0 saturated carbocycles. The predicted octanol–water partition coefficient (Wildman–Crippen LogP) is 4.13. The fourth-order valence-electron chi connectivity index (χ4n) is 4.04. The summed E-state index contributed by atoms with van der Waals surface area (Å²) in [7, 11) is -1.70. The quantitative estimate of drug-likeness (QED) is 0.416. The van der Waals surface area contributed by atoms with Gasteiger partial charge in [0, 0.05) is 43.8 Å². The van der Waals surface area contributed by atoms with Gasteiger partial charge < -0.3 is 15.1 Å². The van der Waals surface area contributed by atoms with Gasteiger partial charge in [0.15, 0.2) is 5.65 Å². The molecule has 1 aliphatic heterocycles. The van der Waals surface area contributed by atoms with Crippen molar-refractivity contribution in [3.05, 3.63) is 71.6 Å². The lowest BCUT2D eigenvalue weighted by Gasteiger charge is -2.34. The molecule has 34 heavy (non-hydrogen) atoms. The molecule has 0 atom stereocenters. The van der Waals surface area contributed by atoms with Crippen molar-refractivity contribution < 1.29 is 8.42 Å². The Morgan fingerprint density at radius 2 is 1.59 bits per heavy atom. The number of aromatic nitrogens is 3. The summed E-state index contributed by atoms with van der Waals surface area (Å²) in [5.74, 6) is 0.445. The number of nitrogens with zero attached hydrogens (tertiary/aromatic N) is 5. The minimum Gasteiger partial charge on any atom is -0.369 e. The van der Waals surface area contributed by atoms with Crippen LogP contribution in [-0.2, 0) is 10.0 Å². The van der Waals surface area contributed by atoms with Gasteiger partial charge in [0.25, 0.3) is 10.0 Å². The molecule has 2 aromatic carbocycles. The summed E-state index contributed by atoms with van der Waals surface area (Å²) in [5, 5.41) is 3.79. The maximum atomic E-state index is 13.2. The van der Waals surface area contributed by atoms with Gasteiger partial charge in [-0.3, -0.25) is 0 Å². The van der Waals surface area contributed by atoms with Gasteiger partial charge in [-0.25, -0.2) is 12.4 Å². The van der Waals surface area contributed by atoms with Crippen LogP contribution >= 0.6 is 11.6 Å². The summed E-state index contributed by atoms with van der Waals surface area (Å²) in [6.45, 7) is 5.98. The zero-order chi connectivity index (χ0) is 23.9. The van der Waals surface area contributed by atoms with Crippen molar-refractivity contribution in [2.75, 3.05) is 43.4 Å². The molecule has 0 unspecified atom stereocenters. The molecule has 1 N–H and O–H groups in total. The zero-order valence-corrected chi connectivity index (χ0v) is 20.5.